The van der Waals surface area contributed by atoms with E-state index in [1.807, 2.05) is 25.1 Å². The maximum Gasteiger partial charge on any atom is 0.410 e. The van der Waals surface area contributed by atoms with Gasteiger partial charge in [-0.3, -0.25) is 14.6 Å². The van der Waals surface area contributed by atoms with Gasteiger partial charge in [-0.05, 0) is 85.9 Å². The summed E-state index contributed by atoms with van der Waals surface area (Å²) in [6, 6.07) is 12.3. The number of aromatic nitrogens is 3. The lowest BCUT2D eigenvalue weighted by atomic mass is 10.0. The number of hydrogen-bond donors (Lipinski definition) is 2. The number of pyridine rings is 3. The molecule has 1 aliphatic heterocycles. The van der Waals surface area contributed by atoms with E-state index in [9.17, 15) is 14.4 Å². The van der Waals surface area contributed by atoms with Gasteiger partial charge in [0.1, 0.15) is 11.3 Å². The normalized spacial score (nSPS) is 14.2. The Balaban J connectivity index is 1.41. The van der Waals surface area contributed by atoms with Gasteiger partial charge in [0, 0.05) is 47.6 Å². The van der Waals surface area contributed by atoms with Crippen molar-refractivity contribution in [3.8, 4) is 34.1 Å². The average molecular weight is 766 g/mol. The Hall–Kier alpha value is -4.75. The van der Waals surface area contributed by atoms with E-state index in [4.69, 9.17) is 30.8 Å². The lowest BCUT2D eigenvalue weighted by molar-refractivity contribution is -0.119. The molecule has 0 bridgehead atoms. The van der Waals surface area contributed by atoms with E-state index in [0.29, 0.717) is 67.7 Å². The van der Waals surface area contributed by atoms with Crippen molar-refractivity contribution in [2.75, 3.05) is 26.1 Å². The fourth-order valence-corrected chi connectivity index (χ4v) is 6.26. The fourth-order valence-electron chi connectivity index (χ4n) is 5.47. The highest BCUT2D eigenvalue weighted by Crippen LogP contribution is 2.38. The van der Waals surface area contributed by atoms with Crippen molar-refractivity contribution in [3.05, 3.63) is 81.2 Å². The number of halogens is 2. The monoisotopic (exact) mass is 764 g/mol. The highest BCUT2D eigenvalue weighted by atomic mass is 79.9. The molecule has 262 valence electrons. The zero-order valence-electron chi connectivity index (χ0n) is 28.6. The molecular formula is C36H38BrClN6O6. The number of rotatable bonds is 10. The molecule has 3 amide bonds. The molecule has 1 saturated heterocycles. The number of anilines is 1. The van der Waals surface area contributed by atoms with Crippen LogP contribution in [0.5, 0.6) is 11.6 Å². The van der Waals surface area contributed by atoms with Gasteiger partial charge in [0.25, 0.3) is 5.91 Å². The van der Waals surface area contributed by atoms with E-state index in [0.717, 1.165) is 5.56 Å². The summed E-state index contributed by atoms with van der Waals surface area (Å²) in [6.07, 6.45) is 3.65. The standard InChI is InChI=1S/C36H38BrClN6O6/c1-20-23(8-7-9-26(20)42-33(46)28-16-25(37)29(48-5)17-40-28)32-31(38)24(14-15-39-32)27-12-10-21(34(43-27)49-6)18-44(35(47)50-36(2,3)4)19-22-11-13-30(45)41-22/h7-10,12,14-17,22H,11,13,18-19H2,1-6H3,(H,41,45)(H,42,46)/t22-/m0/s1. The molecule has 3 aromatic heterocycles. The van der Waals surface area contributed by atoms with Crippen molar-refractivity contribution in [1.29, 1.82) is 0 Å². The van der Waals surface area contributed by atoms with Crippen LogP contribution in [-0.4, -0.2) is 70.2 Å². The molecule has 14 heteroatoms. The number of carbonyl (C=O) groups is 3. The molecule has 2 N–H and O–H groups in total. The number of amides is 3. The molecule has 12 nitrogen and oxygen atoms in total. The van der Waals surface area contributed by atoms with E-state index in [-0.39, 0.29) is 30.7 Å². The summed E-state index contributed by atoms with van der Waals surface area (Å²) in [6.45, 7) is 7.70. The van der Waals surface area contributed by atoms with E-state index in [1.165, 1.54) is 20.4 Å². The third-order valence-electron chi connectivity index (χ3n) is 7.95. The minimum Gasteiger partial charge on any atom is -0.494 e. The van der Waals surface area contributed by atoms with E-state index in [2.05, 4.69) is 36.5 Å². The van der Waals surface area contributed by atoms with Gasteiger partial charge in [-0.25, -0.2) is 14.8 Å². The molecule has 1 fully saturated rings. The Morgan fingerprint density at radius 3 is 2.54 bits per heavy atom. The first-order chi connectivity index (χ1) is 23.8. The van der Waals surface area contributed by atoms with Crippen LogP contribution in [0.2, 0.25) is 5.02 Å². The molecule has 4 heterocycles. The molecule has 1 aromatic carbocycles. The molecule has 0 saturated carbocycles. The zero-order chi connectivity index (χ0) is 36.2. The number of hydrogen-bond acceptors (Lipinski definition) is 9. The molecule has 0 radical (unpaired) electrons. The van der Waals surface area contributed by atoms with Gasteiger partial charge < -0.3 is 29.7 Å². The Morgan fingerprint density at radius 2 is 1.88 bits per heavy atom. The highest BCUT2D eigenvalue weighted by Gasteiger charge is 2.29. The van der Waals surface area contributed by atoms with Crippen LogP contribution in [0.15, 0.2) is 59.3 Å². The quantitative estimate of drug-likeness (QED) is 0.171. The topological polar surface area (TPSA) is 145 Å². The molecule has 0 unspecified atom stereocenters. The molecule has 5 rings (SSSR count). The zero-order valence-corrected chi connectivity index (χ0v) is 30.9. The lowest BCUT2D eigenvalue weighted by Crippen LogP contribution is -2.43. The molecular weight excluding hydrogens is 728 g/mol. The second kappa shape index (κ2) is 15.4. The second-order valence-electron chi connectivity index (χ2n) is 12.7. The molecule has 0 aliphatic carbocycles. The molecule has 0 spiro atoms. The highest BCUT2D eigenvalue weighted by molar-refractivity contribution is 9.10. The van der Waals surface area contributed by atoms with Crippen LogP contribution in [0, 0.1) is 6.92 Å². The molecule has 1 atom stereocenters. The lowest BCUT2D eigenvalue weighted by Gasteiger charge is -2.29. The number of nitrogens with one attached hydrogen (secondary N) is 2. The minimum absolute atomic E-state index is 0.0396. The molecule has 50 heavy (non-hydrogen) atoms. The summed E-state index contributed by atoms with van der Waals surface area (Å²) in [5.41, 5.74) is 3.84. The number of carbonyl (C=O) groups excluding carboxylic acids is 3. The van der Waals surface area contributed by atoms with Crippen molar-refractivity contribution in [3.63, 3.8) is 0 Å². The van der Waals surface area contributed by atoms with Gasteiger partial charge in [0.05, 0.1) is 47.8 Å². The summed E-state index contributed by atoms with van der Waals surface area (Å²) in [4.78, 5) is 53.3. The third-order valence-corrected chi connectivity index (χ3v) is 8.95. The van der Waals surface area contributed by atoms with Crippen LogP contribution in [0.1, 0.15) is 55.2 Å². The first-order valence-corrected chi connectivity index (χ1v) is 17.0. The maximum atomic E-state index is 13.2. The van der Waals surface area contributed by atoms with Crippen molar-refractivity contribution < 1.29 is 28.6 Å². The van der Waals surface area contributed by atoms with Gasteiger partial charge in [0.2, 0.25) is 11.8 Å². The van der Waals surface area contributed by atoms with Gasteiger partial charge in [-0.15, -0.1) is 0 Å². The first-order valence-electron chi connectivity index (χ1n) is 15.8. The first kappa shape index (κ1) is 36.5. The van der Waals surface area contributed by atoms with Crippen molar-refractivity contribution in [1.82, 2.24) is 25.2 Å². The Morgan fingerprint density at radius 1 is 1.10 bits per heavy atom. The maximum absolute atomic E-state index is 13.2. The summed E-state index contributed by atoms with van der Waals surface area (Å²) < 4.78 is 17.2. The Kier molecular flexibility index (Phi) is 11.3. The van der Waals surface area contributed by atoms with Crippen LogP contribution in [0.25, 0.3) is 22.5 Å². The van der Waals surface area contributed by atoms with Crippen molar-refractivity contribution in [2.45, 2.75) is 58.7 Å². The number of ether oxygens (including phenoxy) is 3. The Labute approximate surface area is 304 Å². The van der Waals surface area contributed by atoms with Crippen LogP contribution in [0.4, 0.5) is 10.5 Å². The predicted octanol–water partition coefficient (Wildman–Crippen LogP) is 7.22. The summed E-state index contributed by atoms with van der Waals surface area (Å²) >= 11 is 10.4. The van der Waals surface area contributed by atoms with Crippen LogP contribution < -0.4 is 20.1 Å². The summed E-state index contributed by atoms with van der Waals surface area (Å²) in [5, 5.41) is 6.20. The van der Waals surface area contributed by atoms with E-state index in [1.54, 1.807) is 56.1 Å². The number of benzene rings is 1. The van der Waals surface area contributed by atoms with Crippen molar-refractivity contribution >= 4 is 51.1 Å². The van der Waals surface area contributed by atoms with Gasteiger partial charge in [-0.2, -0.15) is 0 Å². The van der Waals surface area contributed by atoms with Gasteiger partial charge in [-0.1, -0.05) is 23.7 Å². The Bertz CT molecular complexity index is 1930. The van der Waals surface area contributed by atoms with Crippen molar-refractivity contribution in [2.24, 2.45) is 0 Å². The van der Waals surface area contributed by atoms with Gasteiger partial charge in [0.15, 0.2) is 5.75 Å². The van der Waals surface area contributed by atoms with Crippen LogP contribution in [0.3, 0.4) is 0 Å². The van der Waals surface area contributed by atoms with Crippen LogP contribution in [-0.2, 0) is 16.1 Å². The SMILES string of the molecule is COc1cnc(C(=O)Nc2cccc(-c3nccc(-c4ccc(CN(C[C@@H]5CCC(=O)N5)C(=O)OC(C)(C)C)c(OC)n4)c3Cl)c2C)cc1Br. The number of methoxy groups -OCH3 is 2. The van der Waals surface area contributed by atoms with E-state index < -0.39 is 17.6 Å². The summed E-state index contributed by atoms with van der Waals surface area (Å²) in [5.74, 6) is 0.388. The van der Waals surface area contributed by atoms with Gasteiger partial charge >= 0.3 is 6.09 Å². The minimum atomic E-state index is -0.703. The van der Waals surface area contributed by atoms with E-state index >= 15 is 0 Å². The average Bonchev–Trinajstić information content (AvgIpc) is 3.49. The largest absolute Gasteiger partial charge is 0.494 e. The van der Waals surface area contributed by atoms with Crippen LogP contribution >= 0.6 is 27.5 Å². The fraction of sp³-hybridized carbons (Fsp3) is 0.333. The third kappa shape index (κ3) is 8.51. The number of nitrogens with zero attached hydrogens (tertiary/aromatic N) is 4. The molecule has 1 aliphatic rings. The predicted molar refractivity (Wildman–Crippen MR) is 193 cm³/mol. The smallest absolute Gasteiger partial charge is 0.410 e. The molecule has 4 aromatic rings. The summed E-state index contributed by atoms with van der Waals surface area (Å²) in [7, 11) is 3.03. The second-order valence-corrected chi connectivity index (χ2v) is 13.9.